The van der Waals surface area contributed by atoms with Gasteiger partial charge in [0.25, 0.3) is 0 Å². The Balaban J connectivity index is 1.36. The number of rotatable bonds is 7. The Hall–Kier alpha value is -3.95. The van der Waals surface area contributed by atoms with E-state index in [0.29, 0.717) is 25.6 Å². The third kappa shape index (κ3) is 4.50. The van der Waals surface area contributed by atoms with Gasteiger partial charge in [-0.15, -0.1) is 5.10 Å². The molecule has 0 bridgehead atoms. The SMILES string of the molecule is C[C@@H](NC(c1ccc2c(c1)CCOC2)c1nnnn1Cc1ccc(F)cc1)c1cn2ccccc2n1. The first-order valence-corrected chi connectivity index (χ1v) is 12.0. The zero-order valence-electron chi connectivity index (χ0n) is 19.9. The van der Waals surface area contributed by atoms with Crippen molar-refractivity contribution in [2.75, 3.05) is 6.61 Å². The van der Waals surface area contributed by atoms with E-state index in [2.05, 4.69) is 46.0 Å². The molecule has 6 rings (SSSR count). The number of ether oxygens (including phenoxy) is 1. The Kier molecular flexibility index (Phi) is 6.00. The summed E-state index contributed by atoms with van der Waals surface area (Å²) >= 11 is 0. The van der Waals surface area contributed by atoms with Crippen molar-refractivity contribution in [3.63, 3.8) is 0 Å². The Morgan fingerprint density at radius 1 is 1.08 bits per heavy atom. The summed E-state index contributed by atoms with van der Waals surface area (Å²) in [5.74, 6) is 0.413. The number of tetrazole rings is 1. The predicted molar refractivity (Wildman–Crippen MR) is 132 cm³/mol. The number of hydrogen-bond acceptors (Lipinski definition) is 6. The molecule has 182 valence electrons. The van der Waals surface area contributed by atoms with E-state index in [1.807, 2.05) is 35.0 Å². The van der Waals surface area contributed by atoms with E-state index >= 15 is 0 Å². The maximum atomic E-state index is 13.4. The molecule has 2 atom stereocenters. The molecule has 0 aliphatic carbocycles. The normalized spacial score (nSPS) is 15.1. The Morgan fingerprint density at radius 3 is 2.83 bits per heavy atom. The van der Waals surface area contributed by atoms with Gasteiger partial charge in [0, 0.05) is 18.4 Å². The lowest BCUT2D eigenvalue weighted by molar-refractivity contribution is 0.110. The van der Waals surface area contributed by atoms with Crippen LogP contribution in [0.3, 0.4) is 0 Å². The fourth-order valence-electron chi connectivity index (χ4n) is 4.67. The van der Waals surface area contributed by atoms with Crippen LogP contribution in [0.25, 0.3) is 5.65 Å². The number of halogens is 1. The molecule has 0 amide bonds. The number of fused-ring (bicyclic) bond motifs is 2. The van der Waals surface area contributed by atoms with Crippen LogP contribution in [0, 0.1) is 5.82 Å². The third-order valence-corrected chi connectivity index (χ3v) is 6.64. The maximum absolute atomic E-state index is 13.4. The summed E-state index contributed by atoms with van der Waals surface area (Å²) in [6.45, 7) is 3.87. The van der Waals surface area contributed by atoms with Crippen molar-refractivity contribution < 1.29 is 9.13 Å². The van der Waals surface area contributed by atoms with E-state index < -0.39 is 0 Å². The summed E-state index contributed by atoms with van der Waals surface area (Å²) in [4.78, 5) is 4.80. The van der Waals surface area contributed by atoms with Gasteiger partial charge in [0.1, 0.15) is 11.5 Å². The number of hydrogen-bond donors (Lipinski definition) is 1. The molecule has 1 aliphatic rings. The van der Waals surface area contributed by atoms with Crippen molar-refractivity contribution in [3.8, 4) is 0 Å². The zero-order valence-corrected chi connectivity index (χ0v) is 19.9. The molecular weight excluding hydrogens is 457 g/mol. The molecule has 9 heteroatoms. The summed E-state index contributed by atoms with van der Waals surface area (Å²) in [5.41, 5.74) is 6.30. The van der Waals surface area contributed by atoms with Crippen molar-refractivity contribution in [1.29, 1.82) is 0 Å². The minimum absolute atomic E-state index is 0.0785. The molecule has 0 saturated carbocycles. The second-order valence-corrected chi connectivity index (χ2v) is 9.11. The van der Waals surface area contributed by atoms with Crippen molar-refractivity contribution in [3.05, 3.63) is 113 Å². The molecule has 1 unspecified atom stereocenters. The van der Waals surface area contributed by atoms with Gasteiger partial charge in [-0.05, 0) is 70.3 Å². The molecule has 0 spiro atoms. The van der Waals surface area contributed by atoms with Crippen LogP contribution in [0.5, 0.6) is 0 Å². The molecule has 1 N–H and O–H groups in total. The Bertz CT molecular complexity index is 1460. The highest BCUT2D eigenvalue weighted by Gasteiger charge is 2.26. The average Bonchev–Trinajstić information content (AvgIpc) is 3.55. The molecule has 36 heavy (non-hydrogen) atoms. The lowest BCUT2D eigenvalue weighted by Crippen LogP contribution is -2.29. The van der Waals surface area contributed by atoms with E-state index in [4.69, 9.17) is 9.72 Å². The molecule has 2 aromatic carbocycles. The van der Waals surface area contributed by atoms with Crippen LogP contribution in [0.15, 0.2) is 73.1 Å². The fourth-order valence-corrected chi connectivity index (χ4v) is 4.67. The Morgan fingerprint density at radius 2 is 1.97 bits per heavy atom. The topological polar surface area (TPSA) is 82.2 Å². The first kappa shape index (κ1) is 22.5. The van der Waals surface area contributed by atoms with Crippen LogP contribution in [0.2, 0.25) is 0 Å². The van der Waals surface area contributed by atoms with Gasteiger partial charge in [0.15, 0.2) is 5.82 Å². The second kappa shape index (κ2) is 9.60. The maximum Gasteiger partial charge on any atom is 0.173 e. The monoisotopic (exact) mass is 483 g/mol. The number of nitrogens with one attached hydrogen (secondary N) is 1. The highest BCUT2D eigenvalue weighted by molar-refractivity contribution is 5.40. The highest BCUT2D eigenvalue weighted by atomic mass is 19.1. The third-order valence-electron chi connectivity index (χ3n) is 6.64. The van der Waals surface area contributed by atoms with Gasteiger partial charge in [0.05, 0.1) is 31.5 Å². The standard InChI is InChI=1S/C27H26FN7O/c1-18(24-16-34-12-3-2-4-25(34)30-24)29-26(21-7-8-22-17-36-13-11-20(22)14-21)27-31-32-33-35(27)15-19-5-9-23(28)10-6-19/h2-10,12,14,16,18,26,29H,11,13,15,17H2,1H3/t18-,26?/m1/s1. The summed E-state index contributed by atoms with van der Waals surface area (Å²) in [6.07, 6.45) is 4.90. The quantitative estimate of drug-likeness (QED) is 0.377. The van der Waals surface area contributed by atoms with Crippen LogP contribution in [0.4, 0.5) is 4.39 Å². The largest absolute Gasteiger partial charge is 0.376 e. The highest BCUT2D eigenvalue weighted by Crippen LogP contribution is 2.28. The fraction of sp³-hybridized carbons (Fsp3) is 0.259. The van der Waals surface area contributed by atoms with Gasteiger partial charge < -0.3 is 9.14 Å². The average molecular weight is 484 g/mol. The number of imidazole rings is 1. The number of nitrogens with zero attached hydrogens (tertiary/aromatic N) is 6. The molecule has 5 aromatic rings. The second-order valence-electron chi connectivity index (χ2n) is 9.11. The van der Waals surface area contributed by atoms with E-state index in [1.165, 1.54) is 23.3 Å². The zero-order chi connectivity index (χ0) is 24.5. The van der Waals surface area contributed by atoms with Crippen LogP contribution in [-0.4, -0.2) is 36.2 Å². The van der Waals surface area contributed by atoms with Crippen LogP contribution in [-0.2, 0) is 24.3 Å². The summed E-state index contributed by atoms with van der Waals surface area (Å²) in [7, 11) is 0. The Labute approximate surface area is 207 Å². The summed E-state index contributed by atoms with van der Waals surface area (Å²) < 4.78 is 22.8. The van der Waals surface area contributed by atoms with Gasteiger partial charge in [-0.25, -0.2) is 14.1 Å². The van der Waals surface area contributed by atoms with Gasteiger partial charge in [0.2, 0.25) is 0 Å². The van der Waals surface area contributed by atoms with Gasteiger partial charge >= 0.3 is 0 Å². The first-order valence-electron chi connectivity index (χ1n) is 12.0. The molecule has 0 fully saturated rings. The molecule has 1 aliphatic heterocycles. The molecule has 8 nitrogen and oxygen atoms in total. The lowest BCUT2D eigenvalue weighted by atomic mass is 9.96. The smallest absolute Gasteiger partial charge is 0.173 e. The van der Waals surface area contributed by atoms with E-state index in [-0.39, 0.29) is 17.9 Å². The molecule has 0 saturated heterocycles. The summed E-state index contributed by atoms with van der Waals surface area (Å²) in [6, 6.07) is 18.5. The van der Waals surface area contributed by atoms with E-state index in [0.717, 1.165) is 28.9 Å². The molecule has 0 radical (unpaired) electrons. The molecule has 4 heterocycles. The number of pyridine rings is 1. The van der Waals surface area contributed by atoms with Gasteiger partial charge in [-0.3, -0.25) is 5.32 Å². The number of aromatic nitrogens is 6. The van der Waals surface area contributed by atoms with Gasteiger partial charge in [-0.2, -0.15) is 0 Å². The van der Waals surface area contributed by atoms with E-state index in [9.17, 15) is 4.39 Å². The predicted octanol–water partition coefficient (Wildman–Crippen LogP) is 4.02. The molecular formula is C27H26FN7O. The minimum Gasteiger partial charge on any atom is -0.376 e. The van der Waals surface area contributed by atoms with Crippen LogP contribution >= 0.6 is 0 Å². The lowest BCUT2D eigenvalue weighted by Gasteiger charge is -2.24. The van der Waals surface area contributed by atoms with E-state index in [1.54, 1.807) is 16.8 Å². The molecule has 3 aromatic heterocycles. The first-order chi connectivity index (χ1) is 17.6. The van der Waals surface area contributed by atoms with Gasteiger partial charge in [-0.1, -0.05) is 36.4 Å². The van der Waals surface area contributed by atoms with Crippen LogP contribution < -0.4 is 5.32 Å². The van der Waals surface area contributed by atoms with Crippen molar-refractivity contribution in [2.45, 2.75) is 38.6 Å². The minimum atomic E-state index is -0.284. The summed E-state index contributed by atoms with van der Waals surface area (Å²) in [5, 5.41) is 16.4. The van der Waals surface area contributed by atoms with Crippen molar-refractivity contribution in [2.24, 2.45) is 0 Å². The van der Waals surface area contributed by atoms with Crippen LogP contribution in [0.1, 0.15) is 52.8 Å². The van der Waals surface area contributed by atoms with Crippen molar-refractivity contribution >= 4 is 5.65 Å². The van der Waals surface area contributed by atoms with Crippen molar-refractivity contribution in [1.82, 2.24) is 34.9 Å². The number of benzene rings is 2.